The van der Waals surface area contributed by atoms with Crippen LogP contribution in [0.15, 0.2) is 138 Å². The highest BCUT2D eigenvalue weighted by molar-refractivity contribution is 7.98. The number of unbranched alkanes of at least 4 members (excludes halogenated alkanes) is 2. The van der Waals surface area contributed by atoms with Crippen molar-refractivity contribution in [3.05, 3.63) is 54.1 Å². The number of nitrogens with two attached hydrogens (primary N) is 3. The van der Waals surface area contributed by atoms with Gasteiger partial charge < -0.3 is 139 Å². The van der Waals surface area contributed by atoms with Crippen LogP contribution in [0.4, 0.5) is 0 Å². The number of amides is 1. The van der Waals surface area contributed by atoms with Crippen LogP contribution < -0.4 is 17.2 Å². The number of likely N-dealkylation sites (tertiary alicyclic amines) is 1. The molecule has 2 aromatic rings. The molecule has 2 heterocycles. The van der Waals surface area contributed by atoms with Crippen LogP contribution in [0, 0.1) is 46.8 Å². The van der Waals surface area contributed by atoms with Gasteiger partial charge in [-0.15, -0.1) is 0 Å². The highest BCUT2D eigenvalue weighted by Gasteiger charge is 2.39. The van der Waals surface area contributed by atoms with Crippen LogP contribution in [0.2, 0.25) is 0 Å². The summed E-state index contributed by atoms with van der Waals surface area (Å²) >= 11 is 1.40. The third-order valence-corrected chi connectivity index (χ3v) is 22.9. The van der Waals surface area contributed by atoms with E-state index in [0.717, 1.165) is 0 Å². The molecule has 50 nitrogen and oxygen atoms in total. The number of aromatic amines is 1. The molecule has 1 aromatic carbocycles. The SMILES string of the molecule is CSCC[C@H](N=C(O)[C@H](CC(C)C)N=C(O)CN)C(O)=N[C@@H](CO)C(O)=N[C@H](C(O)=N[C@@H](CC(C)C)C(O)=NCC(O)=N[C@@H](Cc1cnc[nH]1)C(O)=N[C@@H](C)C(O)=N[C@H](C(O)=NCC(O)=N[C@@H](CC(=N)O)C(O)=N[C@H](C(O)=N[C@@H](CC(C)C)C(O)=NCC(O)=NCC(O)=N[C@@H](CC(C)C)C(O)=N[C@@H](Cc1ccccc1)C(O)=N[C@@H](CCCCN)C(=O)N1CCC[C@H]1C(O)=N[C@@H](CCCCN)C(=O)O)C(C)C)C(C)C)C(C)C. The van der Waals surface area contributed by atoms with E-state index in [2.05, 4.69) is 105 Å². The first-order valence-corrected chi connectivity index (χ1v) is 50.6. The van der Waals surface area contributed by atoms with Crippen molar-refractivity contribution in [1.82, 2.24) is 14.9 Å². The van der Waals surface area contributed by atoms with E-state index in [-0.39, 0.29) is 108 Å². The second-order valence-corrected chi connectivity index (χ2v) is 39.1. The summed E-state index contributed by atoms with van der Waals surface area (Å²) in [6, 6.07) is -12.7. The Morgan fingerprint density at radius 3 is 1.27 bits per heavy atom. The minimum atomic E-state index is -1.75. The zero-order chi connectivity index (χ0) is 111. The Kier molecular flexibility index (Phi) is 58.4. The van der Waals surface area contributed by atoms with Gasteiger partial charge in [-0.1, -0.05) is 127 Å². The molecule has 1 aliphatic heterocycles. The summed E-state index contributed by atoms with van der Waals surface area (Å²) in [6.07, 6.45) is 6.75. The predicted molar refractivity (Wildman–Crippen MR) is 580 cm³/mol. The lowest BCUT2D eigenvalue weighted by molar-refractivity contribution is -0.138. The Morgan fingerprint density at radius 2 is 0.810 bits per heavy atom. The number of hydrogen-bond donors (Lipinski definition) is 27. The fourth-order valence-electron chi connectivity index (χ4n) is 14.6. The van der Waals surface area contributed by atoms with Gasteiger partial charge in [-0.05, 0) is 162 Å². The smallest absolute Gasteiger partial charge is 0.328 e. The topological polar surface area (TPSA) is 848 Å². The number of carboxylic acids is 1. The van der Waals surface area contributed by atoms with E-state index in [4.69, 9.17) is 22.6 Å². The molecule has 1 aromatic heterocycles. The van der Waals surface area contributed by atoms with Crippen molar-refractivity contribution >= 4 is 142 Å². The van der Waals surface area contributed by atoms with Crippen molar-refractivity contribution in [3.63, 3.8) is 0 Å². The molecule has 0 saturated carbocycles. The van der Waals surface area contributed by atoms with Crippen LogP contribution in [0.5, 0.6) is 0 Å². The largest absolute Gasteiger partial charge is 0.497 e. The molecular formula is C96H160N26O24S. The number of aliphatic carboxylic acids is 1. The molecule has 1 fully saturated rings. The summed E-state index contributed by atoms with van der Waals surface area (Å²) in [4.78, 5) is 114. The second-order valence-electron chi connectivity index (χ2n) is 38.1. The standard InChI is InChI=1S/C96H160N26O24S/c1-50(2)35-63(82(131)103-44-74(126)102-45-75(127)109-66(38-53(7)8)87(136)115-67(39-58-25-18-17-19-26-58)88(137)113-61(27-20-22-31-97)95(144)122-33-24-29-71(122)91(140)114-62(96(145)146)28-21-23-32-98)116-93(142)79(55(11)12)120-89(138)69(41-72(100)124)111-77(129)47-105-92(141)78(54(9)10)119-81(130)57(15)107-85(134)68(40-59-43-101-49-106-59)110-76(128)46-104-83(132)64(36-51(3)4)117-94(143)80(56(13)14)121-90(139)70(48-123)118-84(133)60(30-34-147-16)112-86(135)65(37-52(5)6)108-73(125)42-99/h17-19,25-26,43,49-57,60-71,78-80,123H,20-24,27-42,44-48,97-99H2,1-16H3,(H2,100,124)(H,101,106)(H,102,126)(H,103,131)(H,104,132)(H,105,141)(H,107,134)(H,108,125)(H,109,127)(H,110,128)(H,111,129)(H,112,135)(H,113,137)(H,114,140)(H,115,136)(H,116,142)(H,117,143)(H,118,133)(H,119,130)(H,120,138)(H,121,139)(H,145,146)/t57-,60-,61-,62-,63-,64-,65-,66-,67-,68-,69-,70-,71-,78-,79-,80-/m0/s1. The number of aliphatic imine (C=N–C) groups is 19. The number of carboxylic acid groups (broad SMARTS) is 1. The van der Waals surface area contributed by atoms with Gasteiger partial charge in [-0.2, -0.15) is 11.8 Å². The maximum absolute atomic E-state index is 14.5. The molecule has 0 radical (unpaired) electrons. The maximum atomic E-state index is 14.5. The molecular weight excluding hydrogens is 1930 g/mol. The van der Waals surface area contributed by atoms with Crippen molar-refractivity contribution in [2.75, 3.05) is 71.0 Å². The molecule has 0 spiro atoms. The molecule has 30 N–H and O–H groups in total. The van der Waals surface area contributed by atoms with Crippen molar-refractivity contribution in [1.29, 1.82) is 5.41 Å². The molecule has 0 aliphatic carbocycles. The van der Waals surface area contributed by atoms with Crippen LogP contribution >= 0.6 is 11.8 Å². The lowest BCUT2D eigenvalue weighted by atomic mass is 10.0. The van der Waals surface area contributed by atoms with Gasteiger partial charge in [0, 0.05) is 31.3 Å². The van der Waals surface area contributed by atoms with E-state index in [9.17, 15) is 122 Å². The average molecular weight is 2090 g/mol. The number of aliphatic hydroxyl groups excluding tert-OH is 21. The number of imidazole rings is 1. The average Bonchev–Trinajstić information content (AvgIpc) is 1.69. The van der Waals surface area contributed by atoms with Gasteiger partial charge in [0.15, 0.2) is 23.9 Å². The first kappa shape index (κ1) is 128. The fraction of sp³-hybridized carbons (Fsp3) is 0.677. The van der Waals surface area contributed by atoms with Gasteiger partial charge in [0.25, 0.3) is 0 Å². The predicted octanol–water partition coefficient (Wildman–Crippen LogP) is 11.0. The Labute approximate surface area is 861 Å². The molecule has 1 aliphatic rings. The van der Waals surface area contributed by atoms with Crippen LogP contribution in [0.3, 0.4) is 0 Å². The molecule has 16 atom stereocenters. The molecule has 51 heteroatoms. The highest BCUT2D eigenvalue weighted by atomic mass is 32.2. The first-order valence-electron chi connectivity index (χ1n) is 49.2. The molecule has 1 amide bonds. The van der Waals surface area contributed by atoms with E-state index in [1.807, 2.05) is 13.8 Å². The number of nitrogens with one attached hydrogen (secondary N) is 2. The minimum absolute atomic E-state index is 0.0214. The monoisotopic (exact) mass is 2090 g/mol. The van der Waals surface area contributed by atoms with Crippen molar-refractivity contribution < 1.29 is 122 Å². The Hall–Kier alpha value is -13.0. The van der Waals surface area contributed by atoms with E-state index in [1.54, 1.807) is 120 Å². The second kappa shape index (κ2) is 67.0. The summed E-state index contributed by atoms with van der Waals surface area (Å²) in [5, 5.41) is 254. The minimum Gasteiger partial charge on any atom is -0.497 e. The highest BCUT2D eigenvalue weighted by Crippen LogP contribution is 2.27. The van der Waals surface area contributed by atoms with Gasteiger partial charge in [-0.3, -0.25) is 10.2 Å². The zero-order valence-corrected chi connectivity index (χ0v) is 87.7. The Balaban J connectivity index is 1.97. The molecule has 824 valence electrons. The number of nitrogens with zero attached hydrogens (tertiary/aromatic N) is 21. The molecule has 3 rings (SSSR count). The van der Waals surface area contributed by atoms with Crippen LogP contribution in [-0.2, 0) is 22.4 Å². The number of hydrogen-bond acceptors (Lipinski definition) is 28. The fourth-order valence-corrected chi connectivity index (χ4v) is 15.1. The van der Waals surface area contributed by atoms with Gasteiger partial charge in [0.2, 0.25) is 112 Å². The van der Waals surface area contributed by atoms with Gasteiger partial charge in [0.05, 0.1) is 25.9 Å². The lowest BCUT2D eigenvalue weighted by Gasteiger charge is -2.27. The Bertz CT molecular complexity index is 5010. The lowest BCUT2D eigenvalue weighted by Crippen LogP contribution is -2.46. The van der Waals surface area contributed by atoms with E-state index in [1.165, 1.54) is 36.1 Å². The van der Waals surface area contributed by atoms with Crippen molar-refractivity contribution in [2.24, 2.45) is 153 Å². The summed E-state index contributed by atoms with van der Waals surface area (Å²) in [6.45, 7) is 21.9. The Morgan fingerprint density at radius 1 is 0.415 bits per heavy atom. The van der Waals surface area contributed by atoms with E-state index in [0.29, 0.717) is 55.7 Å². The normalized spacial score (nSPS) is 18.8. The van der Waals surface area contributed by atoms with Crippen LogP contribution in [0.25, 0.3) is 0 Å². The third-order valence-electron chi connectivity index (χ3n) is 22.3. The quantitative estimate of drug-likeness (QED) is 0.0166. The van der Waals surface area contributed by atoms with Crippen LogP contribution in [0.1, 0.15) is 205 Å². The number of H-pyrrole nitrogens is 1. The molecule has 147 heavy (non-hydrogen) atoms. The summed E-state index contributed by atoms with van der Waals surface area (Å²) < 4.78 is 0. The molecule has 1 saturated heterocycles. The molecule has 0 bridgehead atoms. The summed E-state index contributed by atoms with van der Waals surface area (Å²) in [7, 11) is 0. The molecule has 0 unspecified atom stereocenters. The van der Waals surface area contributed by atoms with Gasteiger partial charge in [0.1, 0.15) is 111 Å². The summed E-state index contributed by atoms with van der Waals surface area (Å²) in [5.41, 5.74) is 18.0. The first-order chi connectivity index (χ1) is 69.3. The zero-order valence-electron chi connectivity index (χ0n) is 86.9. The summed E-state index contributed by atoms with van der Waals surface area (Å²) in [5.74, 6) is -18.8. The maximum Gasteiger partial charge on any atom is 0.328 e. The number of thioether (sulfide) groups is 1. The van der Waals surface area contributed by atoms with E-state index < -0.39 is 283 Å². The van der Waals surface area contributed by atoms with Crippen molar-refractivity contribution in [3.8, 4) is 0 Å². The van der Waals surface area contributed by atoms with Gasteiger partial charge >= 0.3 is 5.97 Å². The van der Waals surface area contributed by atoms with Crippen molar-refractivity contribution in [2.45, 2.75) is 303 Å². The van der Waals surface area contributed by atoms with Gasteiger partial charge in [-0.25, -0.2) is 105 Å². The van der Waals surface area contributed by atoms with E-state index >= 15 is 0 Å². The third kappa shape index (κ3) is 48.0. The van der Waals surface area contributed by atoms with Crippen LogP contribution in [-0.4, -0.2) is 425 Å². The number of carbonyl (C=O) groups is 2. The number of rotatable bonds is 69. The number of benzene rings is 1. The number of aliphatic hydroxyl groups is 21. The number of carbonyl (C=O) groups excluding carboxylic acids is 1. The number of aromatic nitrogens is 2.